The molecule has 0 fully saturated rings. The Labute approximate surface area is 111 Å². The van der Waals surface area contributed by atoms with Crippen molar-refractivity contribution < 1.29 is 18.7 Å². The van der Waals surface area contributed by atoms with Gasteiger partial charge < -0.3 is 13.9 Å². The van der Waals surface area contributed by atoms with Crippen LogP contribution in [0.4, 0.5) is 0 Å². The monoisotopic (exact) mass is 260 g/mol. The van der Waals surface area contributed by atoms with Crippen LogP contribution in [-0.4, -0.2) is 19.2 Å². The van der Waals surface area contributed by atoms with Gasteiger partial charge in [-0.1, -0.05) is 30.3 Å². The second kappa shape index (κ2) is 6.09. The standard InChI is InChI=1S/C15H16O4/c1-3-17-14(16)12-10-19-15(18-4-2)13(12)11-8-6-5-7-9-11/h5-10H,3-4H2,1-2H3. The van der Waals surface area contributed by atoms with Crippen molar-refractivity contribution in [3.63, 3.8) is 0 Å². The molecule has 19 heavy (non-hydrogen) atoms. The summed E-state index contributed by atoms with van der Waals surface area (Å²) in [5.41, 5.74) is 1.89. The first kappa shape index (κ1) is 13.2. The van der Waals surface area contributed by atoms with Gasteiger partial charge in [0.15, 0.2) is 0 Å². The molecule has 0 aliphatic heterocycles. The highest BCUT2D eigenvalue weighted by Crippen LogP contribution is 2.35. The van der Waals surface area contributed by atoms with E-state index in [0.717, 1.165) is 5.56 Å². The highest BCUT2D eigenvalue weighted by atomic mass is 16.6. The lowest BCUT2D eigenvalue weighted by Crippen LogP contribution is -2.05. The summed E-state index contributed by atoms with van der Waals surface area (Å²) in [5, 5.41) is 0. The number of rotatable bonds is 5. The molecule has 0 amide bonds. The minimum Gasteiger partial charge on any atom is -0.465 e. The van der Waals surface area contributed by atoms with Gasteiger partial charge >= 0.3 is 5.97 Å². The Morgan fingerprint density at radius 2 is 1.89 bits per heavy atom. The molecule has 0 saturated carbocycles. The van der Waals surface area contributed by atoms with E-state index in [1.807, 2.05) is 37.3 Å². The zero-order valence-electron chi connectivity index (χ0n) is 11.0. The maximum Gasteiger partial charge on any atom is 0.342 e. The van der Waals surface area contributed by atoms with Crippen LogP contribution in [0, 0.1) is 0 Å². The minimum atomic E-state index is -0.406. The van der Waals surface area contributed by atoms with Gasteiger partial charge in [0, 0.05) is 0 Å². The molecular formula is C15H16O4. The van der Waals surface area contributed by atoms with E-state index in [-0.39, 0.29) is 0 Å². The predicted molar refractivity (Wildman–Crippen MR) is 71.3 cm³/mol. The first-order valence-corrected chi connectivity index (χ1v) is 6.24. The first-order valence-electron chi connectivity index (χ1n) is 6.24. The summed E-state index contributed by atoms with van der Waals surface area (Å²) in [4.78, 5) is 11.9. The molecule has 0 bridgehead atoms. The fraction of sp³-hybridized carbons (Fsp3) is 0.267. The summed E-state index contributed by atoms with van der Waals surface area (Å²) < 4.78 is 15.8. The van der Waals surface area contributed by atoms with Gasteiger partial charge in [0.05, 0.1) is 18.8 Å². The van der Waals surface area contributed by atoms with E-state index in [1.54, 1.807) is 6.92 Å². The van der Waals surface area contributed by atoms with Gasteiger partial charge in [-0.15, -0.1) is 0 Å². The van der Waals surface area contributed by atoms with E-state index in [1.165, 1.54) is 6.26 Å². The number of esters is 1. The van der Waals surface area contributed by atoms with Crippen LogP contribution in [0.2, 0.25) is 0 Å². The van der Waals surface area contributed by atoms with E-state index in [0.29, 0.717) is 30.3 Å². The summed E-state index contributed by atoms with van der Waals surface area (Å²) in [5.74, 6) is -0.0622. The zero-order chi connectivity index (χ0) is 13.7. The molecule has 0 aliphatic carbocycles. The van der Waals surface area contributed by atoms with Crippen LogP contribution in [0.5, 0.6) is 5.95 Å². The topological polar surface area (TPSA) is 48.7 Å². The largest absolute Gasteiger partial charge is 0.465 e. The SMILES string of the molecule is CCOC(=O)c1coc(OCC)c1-c1ccccc1. The van der Waals surface area contributed by atoms with Crippen molar-refractivity contribution >= 4 is 5.97 Å². The van der Waals surface area contributed by atoms with Crippen molar-refractivity contribution in [1.29, 1.82) is 0 Å². The van der Waals surface area contributed by atoms with Crippen LogP contribution < -0.4 is 4.74 Å². The average molecular weight is 260 g/mol. The Bertz CT molecular complexity index is 543. The number of benzene rings is 1. The van der Waals surface area contributed by atoms with E-state index < -0.39 is 5.97 Å². The van der Waals surface area contributed by atoms with E-state index in [4.69, 9.17) is 13.9 Å². The first-order chi connectivity index (χ1) is 9.27. The highest BCUT2D eigenvalue weighted by molar-refractivity contribution is 5.98. The Kier molecular flexibility index (Phi) is 4.23. The number of carbonyl (C=O) groups is 1. The van der Waals surface area contributed by atoms with E-state index >= 15 is 0 Å². The maximum atomic E-state index is 11.9. The van der Waals surface area contributed by atoms with Gasteiger partial charge in [-0.05, 0) is 19.4 Å². The van der Waals surface area contributed by atoms with Gasteiger partial charge in [0.2, 0.25) is 0 Å². The van der Waals surface area contributed by atoms with Crippen LogP contribution in [0.3, 0.4) is 0 Å². The summed E-state index contributed by atoms with van der Waals surface area (Å²) in [6.45, 7) is 4.42. The maximum absolute atomic E-state index is 11.9. The Balaban J connectivity index is 2.48. The highest BCUT2D eigenvalue weighted by Gasteiger charge is 2.22. The molecule has 0 aliphatic rings. The minimum absolute atomic E-state index is 0.322. The van der Waals surface area contributed by atoms with Gasteiger partial charge in [0.1, 0.15) is 11.8 Å². The molecule has 2 aromatic rings. The molecule has 4 nitrogen and oxygen atoms in total. The summed E-state index contributed by atoms with van der Waals surface area (Å²) in [6.07, 6.45) is 1.38. The molecule has 1 aromatic heterocycles. The van der Waals surface area contributed by atoms with Crippen molar-refractivity contribution in [3.05, 3.63) is 42.2 Å². The van der Waals surface area contributed by atoms with Crippen molar-refractivity contribution in [2.45, 2.75) is 13.8 Å². The summed E-state index contributed by atoms with van der Waals surface area (Å²) in [7, 11) is 0. The fourth-order valence-corrected chi connectivity index (χ4v) is 1.81. The second-order valence-corrected chi connectivity index (χ2v) is 3.83. The number of hydrogen-bond acceptors (Lipinski definition) is 4. The van der Waals surface area contributed by atoms with Gasteiger partial charge in [0.25, 0.3) is 5.95 Å². The van der Waals surface area contributed by atoms with Gasteiger partial charge in [-0.3, -0.25) is 0 Å². The Hall–Kier alpha value is -2.23. The Morgan fingerprint density at radius 1 is 1.16 bits per heavy atom. The van der Waals surface area contributed by atoms with Gasteiger partial charge in [-0.2, -0.15) is 0 Å². The molecule has 0 radical (unpaired) electrons. The van der Waals surface area contributed by atoms with Crippen LogP contribution in [0.1, 0.15) is 24.2 Å². The van der Waals surface area contributed by atoms with Crippen LogP contribution >= 0.6 is 0 Å². The van der Waals surface area contributed by atoms with Crippen molar-refractivity contribution in [2.24, 2.45) is 0 Å². The summed E-state index contributed by atoms with van der Waals surface area (Å²) in [6, 6.07) is 9.50. The lowest BCUT2D eigenvalue weighted by Gasteiger charge is -2.06. The molecule has 0 spiro atoms. The van der Waals surface area contributed by atoms with Crippen molar-refractivity contribution in [2.75, 3.05) is 13.2 Å². The van der Waals surface area contributed by atoms with Crippen LogP contribution in [0.25, 0.3) is 11.1 Å². The molecule has 1 aromatic carbocycles. The molecule has 0 saturated heterocycles. The van der Waals surface area contributed by atoms with Crippen LogP contribution in [-0.2, 0) is 4.74 Å². The van der Waals surface area contributed by atoms with Crippen molar-refractivity contribution in [1.82, 2.24) is 0 Å². The molecule has 100 valence electrons. The molecule has 0 unspecified atom stereocenters. The van der Waals surface area contributed by atoms with E-state index in [2.05, 4.69) is 0 Å². The summed E-state index contributed by atoms with van der Waals surface area (Å²) >= 11 is 0. The van der Waals surface area contributed by atoms with Crippen molar-refractivity contribution in [3.8, 4) is 17.1 Å². The fourth-order valence-electron chi connectivity index (χ4n) is 1.81. The molecule has 2 rings (SSSR count). The lowest BCUT2D eigenvalue weighted by atomic mass is 10.0. The normalized spacial score (nSPS) is 10.2. The zero-order valence-corrected chi connectivity index (χ0v) is 11.0. The predicted octanol–water partition coefficient (Wildman–Crippen LogP) is 3.52. The lowest BCUT2D eigenvalue weighted by molar-refractivity contribution is 0.0526. The molecule has 0 atom stereocenters. The third-order valence-electron chi connectivity index (χ3n) is 2.59. The van der Waals surface area contributed by atoms with Crippen LogP contribution in [0.15, 0.2) is 41.0 Å². The van der Waals surface area contributed by atoms with E-state index in [9.17, 15) is 4.79 Å². The number of hydrogen-bond donors (Lipinski definition) is 0. The van der Waals surface area contributed by atoms with Gasteiger partial charge in [-0.25, -0.2) is 4.79 Å². The molecular weight excluding hydrogens is 244 g/mol. The Morgan fingerprint density at radius 3 is 2.53 bits per heavy atom. The molecule has 0 N–H and O–H groups in total. The second-order valence-electron chi connectivity index (χ2n) is 3.83. The number of carbonyl (C=O) groups excluding carboxylic acids is 1. The number of ether oxygens (including phenoxy) is 2. The average Bonchev–Trinajstić information content (AvgIpc) is 2.84. The molecule has 4 heteroatoms. The smallest absolute Gasteiger partial charge is 0.342 e. The number of furan rings is 1. The third-order valence-corrected chi connectivity index (χ3v) is 2.59. The molecule has 1 heterocycles. The third kappa shape index (κ3) is 2.78. The quantitative estimate of drug-likeness (QED) is 0.772.